The molecule has 4 nitrogen and oxygen atoms in total. The predicted molar refractivity (Wildman–Crippen MR) is 66.8 cm³/mol. The van der Waals surface area contributed by atoms with Gasteiger partial charge in [-0.3, -0.25) is 4.57 Å². The molecule has 0 fully saturated rings. The van der Waals surface area contributed by atoms with Crippen molar-refractivity contribution in [2.45, 2.75) is 12.3 Å². The van der Waals surface area contributed by atoms with Gasteiger partial charge in [-0.2, -0.15) is 0 Å². The molecule has 0 aliphatic carbocycles. The Morgan fingerprint density at radius 2 is 1.76 bits per heavy atom. The fourth-order valence-corrected chi connectivity index (χ4v) is 3.12. The zero-order valence-corrected chi connectivity index (χ0v) is 11.1. The van der Waals surface area contributed by atoms with E-state index in [0.29, 0.717) is 5.56 Å². The third-order valence-electron chi connectivity index (χ3n) is 2.50. The van der Waals surface area contributed by atoms with Crippen LogP contribution in [0.2, 0.25) is 0 Å². The van der Waals surface area contributed by atoms with Crippen LogP contribution in [0.25, 0.3) is 0 Å². The highest BCUT2D eigenvalue weighted by Gasteiger charge is 2.48. The fraction of sp³-hybridized carbons (Fsp3) is 0.333. The van der Waals surface area contributed by atoms with Crippen LogP contribution in [0.15, 0.2) is 42.5 Å². The molecule has 0 aliphatic rings. The Morgan fingerprint density at radius 3 is 2.18 bits per heavy atom. The summed E-state index contributed by atoms with van der Waals surface area (Å²) < 4.78 is 22.2. The molecule has 17 heavy (non-hydrogen) atoms. The van der Waals surface area contributed by atoms with E-state index in [9.17, 15) is 9.67 Å². The Morgan fingerprint density at radius 1 is 1.24 bits per heavy atom. The van der Waals surface area contributed by atoms with Crippen LogP contribution < -0.4 is 0 Å². The van der Waals surface area contributed by atoms with Crippen LogP contribution in [0.3, 0.4) is 0 Å². The first-order chi connectivity index (χ1) is 8.04. The third-order valence-corrected chi connectivity index (χ3v) is 4.70. The second kappa shape index (κ2) is 5.61. The molecule has 1 atom stereocenters. The van der Waals surface area contributed by atoms with E-state index in [1.165, 1.54) is 20.3 Å². The smallest absolute Gasteiger partial charge is 0.370 e. The van der Waals surface area contributed by atoms with E-state index in [4.69, 9.17) is 9.05 Å². The van der Waals surface area contributed by atoms with Gasteiger partial charge in [0.2, 0.25) is 5.34 Å². The highest BCUT2D eigenvalue weighted by molar-refractivity contribution is 7.55. The van der Waals surface area contributed by atoms with Crippen LogP contribution in [-0.4, -0.2) is 19.3 Å². The van der Waals surface area contributed by atoms with Crippen LogP contribution in [0, 0.1) is 0 Å². The van der Waals surface area contributed by atoms with E-state index < -0.39 is 12.9 Å². The summed E-state index contributed by atoms with van der Waals surface area (Å²) in [5.74, 6) is 0. The van der Waals surface area contributed by atoms with Crippen molar-refractivity contribution in [3.05, 3.63) is 48.0 Å². The zero-order valence-electron chi connectivity index (χ0n) is 10.2. The predicted octanol–water partition coefficient (Wildman–Crippen LogP) is 2.89. The van der Waals surface area contributed by atoms with Crippen LogP contribution in [0.1, 0.15) is 12.5 Å². The van der Waals surface area contributed by atoms with E-state index in [-0.39, 0.29) is 0 Å². The highest BCUT2D eigenvalue weighted by atomic mass is 31.2. The molecule has 0 spiro atoms. The average molecular weight is 256 g/mol. The lowest BCUT2D eigenvalue weighted by Crippen LogP contribution is -2.24. The van der Waals surface area contributed by atoms with Crippen molar-refractivity contribution in [3.63, 3.8) is 0 Å². The van der Waals surface area contributed by atoms with Gasteiger partial charge in [0.15, 0.2) is 0 Å². The maximum absolute atomic E-state index is 12.4. The molecule has 5 heteroatoms. The largest absolute Gasteiger partial charge is 0.370 e. The quantitative estimate of drug-likeness (QED) is 0.650. The van der Waals surface area contributed by atoms with Crippen LogP contribution in [-0.2, 0) is 19.0 Å². The maximum atomic E-state index is 12.4. The Hall–Kier alpha value is -0.930. The van der Waals surface area contributed by atoms with E-state index in [2.05, 4.69) is 0 Å². The molecule has 0 aliphatic heterocycles. The average Bonchev–Trinajstić information content (AvgIpc) is 2.38. The number of aliphatic hydroxyl groups is 1. The summed E-state index contributed by atoms with van der Waals surface area (Å²) in [6, 6.07) is 8.65. The summed E-state index contributed by atoms with van der Waals surface area (Å²) in [4.78, 5) is 0. The topological polar surface area (TPSA) is 55.8 Å². The summed E-state index contributed by atoms with van der Waals surface area (Å²) in [5.41, 5.74) is 0.463. The first kappa shape index (κ1) is 14.1. The van der Waals surface area contributed by atoms with Crippen molar-refractivity contribution in [2.24, 2.45) is 0 Å². The van der Waals surface area contributed by atoms with E-state index in [0.717, 1.165) is 0 Å². The summed E-state index contributed by atoms with van der Waals surface area (Å²) in [6.07, 6.45) is 3.02. The highest BCUT2D eigenvalue weighted by Crippen LogP contribution is 2.63. The molecular weight excluding hydrogens is 239 g/mol. The number of allylic oxidation sites excluding steroid dienone is 1. The van der Waals surface area contributed by atoms with Crippen LogP contribution >= 0.6 is 7.60 Å². The normalized spacial score (nSPS) is 16.0. The zero-order chi connectivity index (χ0) is 12.9. The molecule has 1 rings (SSSR count). The molecule has 0 aromatic heterocycles. The van der Waals surface area contributed by atoms with Gasteiger partial charge in [0.05, 0.1) is 0 Å². The van der Waals surface area contributed by atoms with Gasteiger partial charge in [0.1, 0.15) is 0 Å². The lowest BCUT2D eigenvalue weighted by molar-refractivity contribution is 0.117. The van der Waals surface area contributed by atoms with Gasteiger partial charge in [0.25, 0.3) is 0 Å². The Labute approximate surface area is 101 Å². The molecule has 0 amide bonds. The number of rotatable bonds is 5. The van der Waals surface area contributed by atoms with Crippen molar-refractivity contribution in [2.75, 3.05) is 14.2 Å². The SMILES string of the molecule is C/C=C/C(O)(c1ccccc1)P(=O)(OC)OC. The maximum Gasteiger partial charge on any atom is 0.370 e. The molecule has 1 aromatic rings. The summed E-state index contributed by atoms with van der Waals surface area (Å²) >= 11 is 0. The first-order valence-electron chi connectivity index (χ1n) is 5.17. The minimum Gasteiger partial charge on any atom is -0.370 e. The molecule has 0 radical (unpaired) electrons. The van der Waals surface area contributed by atoms with Gasteiger partial charge in [-0.05, 0) is 18.6 Å². The molecule has 1 aromatic carbocycles. The minimum atomic E-state index is -3.67. The van der Waals surface area contributed by atoms with Gasteiger partial charge in [-0.1, -0.05) is 36.4 Å². The second-order valence-electron chi connectivity index (χ2n) is 3.45. The molecule has 0 heterocycles. The van der Waals surface area contributed by atoms with Gasteiger partial charge in [-0.15, -0.1) is 0 Å². The Kier molecular flexibility index (Phi) is 4.66. The van der Waals surface area contributed by atoms with Crippen LogP contribution in [0.4, 0.5) is 0 Å². The summed E-state index contributed by atoms with van der Waals surface area (Å²) in [7, 11) is -1.17. The second-order valence-corrected chi connectivity index (χ2v) is 5.86. The molecule has 0 saturated carbocycles. The third kappa shape index (κ3) is 2.50. The van der Waals surface area contributed by atoms with Gasteiger partial charge in [-0.25, -0.2) is 0 Å². The van der Waals surface area contributed by atoms with Gasteiger partial charge < -0.3 is 14.2 Å². The van der Waals surface area contributed by atoms with Crippen molar-refractivity contribution in [3.8, 4) is 0 Å². The van der Waals surface area contributed by atoms with Crippen molar-refractivity contribution >= 4 is 7.60 Å². The number of benzene rings is 1. The lowest BCUT2D eigenvalue weighted by atomic mass is 10.1. The van der Waals surface area contributed by atoms with Crippen LogP contribution in [0.5, 0.6) is 0 Å². The number of hydrogen-bond donors (Lipinski definition) is 1. The Balaban J connectivity index is 3.38. The monoisotopic (exact) mass is 256 g/mol. The fourth-order valence-electron chi connectivity index (χ4n) is 1.61. The summed E-state index contributed by atoms with van der Waals surface area (Å²) in [5, 5.41) is 8.83. The van der Waals surface area contributed by atoms with E-state index >= 15 is 0 Å². The molecule has 0 bridgehead atoms. The number of hydrogen-bond acceptors (Lipinski definition) is 4. The van der Waals surface area contributed by atoms with Gasteiger partial charge >= 0.3 is 7.60 Å². The molecule has 94 valence electrons. The standard InChI is InChI=1S/C12H17O4P/c1-4-10-12(13,17(14,15-2)16-3)11-8-6-5-7-9-11/h4-10,13H,1-3H3/b10-4+. The van der Waals surface area contributed by atoms with Crippen molar-refractivity contribution in [1.29, 1.82) is 0 Å². The lowest BCUT2D eigenvalue weighted by Gasteiger charge is -2.30. The van der Waals surface area contributed by atoms with Crippen molar-refractivity contribution < 1.29 is 18.7 Å². The molecular formula is C12H17O4P. The minimum absolute atomic E-state index is 0.463. The van der Waals surface area contributed by atoms with E-state index in [1.54, 1.807) is 37.3 Å². The molecule has 0 saturated heterocycles. The summed E-state index contributed by atoms with van der Waals surface area (Å²) in [6.45, 7) is 1.73. The molecule has 1 N–H and O–H groups in total. The Bertz CT molecular complexity index is 421. The van der Waals surface area contributed by atoms with Crippen molar-refractivity contribution in [1.82, 2.24) is 0 Å². The molecule has 1 unspecified atom stereocenters. The first-order valence-corrected chi connectivity index (χ1v) is 6.71. The van der Waals surface area contributed by atoms with Gasteiger partial charge in [0, 0.05) is 14.2 Å². The van der Waals surface area contributed by atoms with E-state index in [1.807, 2.05) is 6.07 Å².